The first-order valence-corrected chi connectivity index (χ1v) is 6.13. The van der Waals surface area contributed by atoms with Gasteiger partial charge < -0.3 is 15.6 Å². The van der Waals surface area contributed by atoms with Crippen LogP contribution in [0.3, 0.4) is 0 Å². The maximum Gasteiger partial charge on any atom is 0.245 e. The molecule has 6 nitrogen and oxygen atoms in total. The first kappa shape index (κ1) is 16.0. The van der Waals surface area contributed by atoms with Crippen LogP contribution in [0.1, 0.15) is 0 Å². The maximum atomic E-state index is 10.4. The number of hydrogen-bond donors (Lipinski definition) is 3. The number of amides is 1. The van der Waals surface area contributed by atoms with E-state index in [1.165, 1.54) is 0 Å². The summed E-state index contributed by atoms with van der Waals surface area (Å²) in [4.78, 5) is 15.0. The van der Waals surface area contributed by atoms with E-state index in [1.54, 1.807) is 18.2 Å². The predicted molar refractivity (Wildman–Crippen MR) is 71.1 cm³/mol. The third kappa shape index (κ3) is 6.60. The van der Waals surface area contributed by atoms with Crippen molar-refractivity contribution in [1.82, 2.24) is 5.48 Å². The molecule has 106 valence electrons. The van der Waals surface area contributed by atoms with Gasteiger partial charge in [0.25, 0.3) is 0 Å². The lowest BCUT2D eigenvalue weighted by Crippen LogP contribution is -2.33. The number of nitrogens with two attached hydrogens (primary N) is 1. The number of aliphatic hydroxyl groups excluding tert-OH is 1. The van der Waals surface area contributed by atoms with Gasteiger partial charge in [0.1, 0.15) is 25.1 Å². The van der Waals surface area contributed by atoms with E-state index in [4.69, 9.17) is 33.7 Å². The number of hydroxylamine groups is 1. The molecule has 1 aromatic rings. The van der Waals surface area contributed by atoms with Gasteiger partial charge in [-0.1, -0.05) is 23.2 Å². The molecule has 0 radical (unpaired) electrons. The van der Waals surface area contributed by atoms with Gasteiger partial charge >= 0.3 is 0 Å². The molecule has 0 bridgehead atoms. The Balaban J connectivity index is 2.27. The Morgan fingerprint density at radius 1 is 1.47 bits per heavy atom. The highest BCUT2D eigenvalue weighted by atomic mass is 35.5. The number of benzene rings is 1. The van der Waals surface area contributed by atoms with E-state index in [0.717, 1.165) is 0 Å². The van der Waals surface area contributed by atoms with Crippen molar-refractivity contribution in [2.24, 2.45) is 5.73 Å². The van der Waals surface area contributed by atoms with Gasteiger partial charge in [-0.15, -0.1) is 0 Å². The highest BCUT2D eigenvalue weighted by molar-refractivity contribution is 6.34. The van der Waals surface area contributed by atoms with E-state index in [9.17, 15) is 9.90 Å². The predicted octanol–water partition coefficient (Wildman–Crippen LogP) is 0.740. The number of hydrogen-bond acceptors (Lipinski definition) is 5. The van der Waals surface area contributed by atoms with E-state index in [1.807, 2.05) is 0 Å². The van der Waals surface area contributed by atoms with Gasteiger partial charge in [0, 0.05) is 11.1 Å². The van der Waals surface area contributed by atoms with Crippen molar-refractivity contribution in [1.29, 1.82) is 0 Å². The number of rotatable bonds is 8. The highest BCUT2D eigenvalue weighted by Gasteiger charge is 2.08. The molecular formula is C11H14Cl2N2O4. The third-order valence-corrected chi connectivity index (χ3v) is 2.51. The molecule has 1 atom stereocenters. The first-order valence-electron chi connectivity index (χ1n) is 5.38. The van der Waals surface area contributed by atoms with E-state index in [2.05, 4.69) is 10.3 Å². The summed E-state index contributed by atoms with van der Waals surface area (Å²) in [5.41, 5.74) is 7.25. The molecular weight excluding hydrogens is 295 g/mol. The summed E-state index contributed by atoms with van der Waals surface area (Å²) in [7, 11) is 0. The molecule has 4 N–H and O–H groups in total. The number of aliphatic hydroxyl groups is 1. The Hall–Kier alpha value is -1.05. The molecule has 8 heteroatoms. The zero-order valence-electron chi connectivity index (χ0n) is 9.94. The monoisotopic (exact) mass is 308 g/mol. The zero-order chi connectivity index (χ0) is 14.3. The van der Waals surface area contributed by atoms with Gasteiger partial charge in [-0.25, -0.2) is 0 Å². The minimum Gasteiger partial charge on any atom is -0.489 e. The summed E-state index contributed by atoms with van der Waals surface area (Å²) < 4.78 is 5.30. The van der Waals surface area contributed by atoms with Crippen LogP contribution in [-0.4, -0.2) is 36.9 Å². The van der Waals surface area contributed by atoms with Crippen LogP contribution >= 0.6 is 23.2 Å². The SMILES string of the molecule is NC(=O)CONCC(O)COc1cc(Cl)ccc1Cl. The van der Waals surface area contributed by atoms with Crippen LogP contribution < -0.4 is 16.0 Å². The van der Waals surface area contributed by atoms with Gasteiger partial charge in [-0.05, 0) is 12.1 Å². The zero-order valence-corrected chi connectivity index (χ0v) is 11.4. The van der Waals surface area contributed by atoms with Crippen molar-refractivity contribution >= 4 is 29.1 Å². The number of carbonyl (C=O) groups is 1. The average molecular weight is 309 g/mol. The van der Waals surface area contributed by atoms with Crippen LogP contribution in [0.5, 0.6) is 5.75 Å². The van der Waals surface area contributed by atoms with E-state index in [-0.39, 0.29) is 19.8 Å². The van der Waals surface area contributed by atoms with Crippen LogP contribution in [0, 0.1) is 0 Å². The lowest BCUT2D eigenvalue weighted by molar-refractivity contribution is -0.125. The van der Waals surface area contributed by atoms with Crippen LogP contribution in [0.15, 0.2) is 18.2 Å². The summed E-state index contributed by atoms with van der Waals surface area (Å²) in [5.74, 6) is -0.227. The van der Waals surface area contributed by atoms with Crippen molar-refractivity contribution in [3.63, 3.8) is 0 Å². The fourth-order valence-electron chi connectivity index (χ4n) is 1.11. The molecule has 1 rings (SSSR count). The Bertz CT molecular complexity index is 431. The van der Waals surface area contributed by atoms with Gasteiger partial charge in [0.2, 0.25) is 5.91 Å². The number of ether oxygens (including phenoxy) is 1. The molecule has 0 saturated carbocycles. The quantitative estimate of drug-likeness (QED) is 0.486. The number of nitrogens with one attached hydrogen (secondary N) is 1. The minimum atomic E-state index is -0.845. The molecule has 1 amide bonds. The average Bonchev–Trinajstić information content (AvgIpc) is 2.35. The molecule has 1 unspecified atom stereocenters. The third-order valence-electron chi connectivity index (χ3n) is 1.96. The van der Waals surface area contributed by atoms with Crippen LogP contribution in [0.2, 0.25) is 10.0 Å². The van der Waals surface area contributed by atoms with Crippen LogP contribution in [0.4, 0.5) is 0 Å². The van der Waals surface area contributed by atoms with Gasteiger partial charge in [0.05, 0.1) is 11.6 Å². The van der Waals surface area contributed by atoms with Crippen LogP contribution in [-0.2, 0) is 9.63 Å². The van der Waals surface area contributed by atoms with Crippen LogP contribution in [0.25, 0.3) is 0 Å². The standard InChI is InChI=1S/C11H14Cl2N2O4/c12-7-1-2-9(13)10(3-7)18-5-8(16)4-15-19-6-11(14)17/h1-3,8,15-16H,4-6H2,(H2,14,17). The van der Waals surface area contributed by atoms with E-state index >= 15 is 0 Å². The summed E-state index contributed by atoms with van der Waals surface area (Å²) in [6.45, 7) is -0.202. The summed E-state index contributed by atoms with van der Waals surface area (Å²) >= 11 is 11.7. The van der Waals surface area contributed by atoms with Gasteiger partial charge in [0.15, 0.2) is 0 Å². The van der Waals surface area contributed by atoms with Gasteiger partial charge in [-0.2, -0.15) is 5.48 Å². The Morgan fingerprint density at radius 3 is 2.89 bits per heavy atom. The Kier molecular flexibility index (Phi) is 6.90. The Morgan fingerprint density at radius 2 is 2.21 bits per heavy atom. The highest BCUT2D eigenvalue weighted by Crippen LogP contribution is 2.27. The molecule has 1 aromatic carbocycles. The van der Waals surface area contributed by atoms with Crippen molar-refractivity contribution in [3.05, 3.63) is 28.2 Å². The van der Waals surface area contributed by atoms with E-state index in [0.29, 0.717) is 15.8 Å². The van der Waals surface area contributed by atoms with Crippen molar-refractivity contribution in [3.8, 4) is 5.75 Å². The molecule has 0 aliphatic heterocycles. The van der Waals surface area contributed by atoms with Crippen molar-refractivity contribution in [2.75, 3.05) is 19.8 Å². The topological polar surface area (TPSA) is 93.8 Å². The van der Waals surface area contributed by atoms with E-state index < -0.39 is 12.0 Å². The summed E-state index contributed by atoms with van der Waals surface area (Å²) in [5, 5.41) is 10.5. The second-order valence-corrected chi connectivity index (χ2v) is 4.49. The second kappa shape index (κ2) is 8.19. The Labute approximate surface area is 120 Å². The molecule has 19 heavy (non-hydrogen) atoms. The fraction of sp³-hybridized carbons (Fsp3) is 0.364. The molecule has 0 aliphatic rings. The second-order valence-electron chi connectivity index (χ2n) is 3.64. The van der Waals surface area contributed by atoms with Crippen molar-refractivity contribution in [2.45, 2.75) is 6.10 Å². The molecule has 0 spiro atoms. The maximum absolute atomic E-state index is 10.4. The lowest BCUT2D eigenvalue weighted by Gasteiger charge is -2.13. The minimum absolute atomic E-state index is 0.00695. The summed E-state index contributed by atoms with van der Waals surface area (Å²) in [6.07, 6.45) is -0.845. The molecule has 0 aliphatic carbocycles. The largest absolute Gasteiger partial charge is 0.489 e. The first-order chi connectivity index (χ1) is 8.99. The van der Waals surface area contributed by atoms with Gasteiger partial charge in [-0.3, -0.25) is 9.63 Å². The number of halogens is 2. The molecule has 0 fully saturated rings. The van der Waals surface area contributed by atoms with Crippen molar-refractivity contribution < 1.29 is 19.5 Å². The summed E-state index contributed by atoms with van der Waals surface area (Å²) in [6, 6.07) is 4.78. The lowest BCUT2D eigenvalue weighted by atomic mass is 10.3. The smallest absolute Gasteiger partial charge is 0.245 e. The molecule has 0 heterocycles. The molecule has 0 saturated heterocycles. The normalized spacial score (nSPS) is 12.2. The molecule has 0 aromatic heterocycles. The number of primary amides is 1. The fourth-order valence-corrected chi connectivity index (χ4v) is 1.44. The number of carbonyl (C=O) groups excluding carboxylic acids is 1.